The fourth-order valence-electron chi connectivity index (χ4n) is 2.97. The van der Waals surface area contributed by atoms with E-state index in [4.69, 9.17) is 0 Å². The van der Waals surface area contributed by atoms with Crippen molar-refractivity contribution in [2.45, 2.75) is 6.92 Å². The highest BCUT2D eigenvalue weighted by Crippen LogP contribution is 2.19. The van der Waals surface area contributed by atoms with E-state index < -0.39 is 0 Å². The molecule has 0 unspecified atom stereocenters. The second-order valence-electron chi connectivity index (χ2n) is 6.33. The molecule has 4 aromatic rings. The number of amides is 2. The monoisotopic (exact) mass is 370 g/mol. The van der Waals surface area contributed by atoms with E-state index in [0.29, 0.717) is 16.9 Å². The molecular formula is C22H18N4O2. The number of aromatic nitrogens is 2. The first-order chi connectivity index (χ1) is 13.6. The molecule has 2 heterocycles. The number of pyridine rings is 1. The van der Waals surface area contributed by atoms with Gasteiger partial charge >= 0.3 is 0 Å². The highest BCUT2D eigenvalue weighted by molar-refractivity contribution is 6.10. The molecule has 2 amide bonds. The molecule has 28 heavy (non-hydrogen) atoms. The van der Waals surface area contributed by atoms with Gasteiger partial charge in [-0.15, -0.1) is 0 Å². The fourth-order valence-corrected chi connectivity index (χ4v) is 2.97. The van der Waals surface area contributed by atoms with Gasteiger partial charge in [0.05, 0.1) is 5.52 Å². The Morgan fingerprint density at radius 2 is 1.54 bits per heavy atom. The van der Waals surface area contributed by atoms with Crippen LogP contribution in [-0.2, 0) is 0 Å². The van der Waals surface area contributed by atoms with Crippen molar-refractivity contribution >= 4 is 28.7 Å². The molecule has 6 heteroatoms. The number of anilines is 2. The molecule has 0 aliphatic heterocycles. The van der Waals surface area contributed by atoms with Crippen molar-refractivity contribution in [2.75, 3.05) is 10.6 Å². The SMILES string of the molecule is Cc1ccccc1NC(=O)c1nc(C(=O)Nc2ccccc2)n2ccccc12. The van der Waals surface area contributed by atoms with Crippen molar-refractivity contribution in [3.63, 3.8) is 0 Å². The highest BCUT2D eigenvalue weighted by atomic mass is 16.2. The van der Waals surface area contributed by atoms with Gasteiger partial charge in [0.1, 0.15) is 0 Å². The molecule has 4 rings (SSSR count). The van der Waals surface area contributed by atoms with Crippen LogP contribution in [0.5, 0.6) is 0 Å². The topological polar surface area (TPSA) is 75.5 Å². The summed E-state index contributed by atoms with van der Waals surface area (Å²) in [5, 5.41) is 5.68. The normalized spacial score (nSPS) is 10.6. The maximum Gasteiger partial charge on any atom is 0.292 e. The minimum Gasteiger partial charge on any atom is -0.320 e. The van der Waals surface area contributed by atoms with Crippen LogP contribution in [0.4, 0.5) is 11.4 Å². The number of para-hydroxylation sites is 2. The van der Waals surface area contributed by atoms with Crippen LogP contribution in [0.3, 0.4) is 0 Å². The number of nitrogens with zero attached hydrogens (tertiary/aromatic N) is 2. The summed E-state index contributed by atoms with van der Waals surface area (Å²) >= 11 is 0. The standard InChI is InChI=1S/C22H18N4O2/c1-15-9-5-6-12-17(15)24-21(27)19-18-13-7-8-14-26(18)20(25-19)22(28)23-16-10-3-2-4-11-16/h2-14H,1H3,(H,23,28)(H,24,27). The lowest BCUT2D eigenvalue weighted by Crippen LogP contribution is -2.16. The molecule has 0 aliphatic carbocycles. The number of rotatable bonds is 4. The fraction of sp³-hybridized carbons (Fsp3) is 0.0455. The Kier molecular flexibility index (Phi) is 4.60. The van der Waals surface area contributed by atoms with E-state index >= 15 is 0 Å². The third-order valence-corrected chi connectivity index (χ3v) is 4.39. The molecule has 2 aromatic carbocycles. The quantitative estimate of drug-likeness (QED) is 0.567. The molecule has 0 radical (unpaired) electrons. The summed E-state index contributed by atoms with van der Waals surface area (Å²) in [7, 11) is 0. The second-order valence-corrected chi connectivity index (χ2v) is 6.33. The molecule has 138 valence electrons. The molecule has 2 aromatic heterocycles. The minimum absolute atomic E-state index is 0.148. The smallest absolute Gasteiger partial charge is 0.292 e. The Balaban J connectivity index is 1.69. The Hall–Kier alpha value is -3.93. The molecule has 0 saturated heterocycles. The molecule has 6 nitrogen and oxygen atoms in total. The average molecular weight is 370 g/mol. The van der Waals surface area contributed by atoms with Gasteiger partial charge in [0.15, 0.2) is 5.69 Å². The van der Waals surface area contributed by atoms with Gasteiger partial charge in [0, 0.05) is 17.6 Å². The van der Waals surface area contributed by atoms with Crippen molar-refractivity contribution in [1.29, 1.82) is 0 Å². The zero-order chi connectivity index (χ0) is 19.5. The summed E-state index contributed by atoms with van der Waals surface area (Å²) in [5.41, 5.74) is 3.07. The van der Waals surface area contributed by atoms with E-state index in [0.717, 1.165) is 5.56 Å². The Morgan fingerprint density at radius 3 is 2.32 bits per heavy atom. The predicted molar refractivity (Wildman–Crippen MR) is 109 cm³/mol. The average Bonchev–Trinajstić information content (AvgIpc) is 3.10. The van der Waals surface area contributed by atoms with Crippen molar-refractivity contribution in [3.8, 4) is 0 Å². The number of carbonyl (C=O) groups is 2. The molecule has 0 aliphatic rings. The first-order valence-corrected chi connectivity index (χ1v) is 8.84. The molecule has 0 atom stereocenters. The van der Waals surface area contributed by atoms with Crippen molar-refractivity contribution in [3.05, 3.63) is 96.1 Å². The first kappa shape index (κ1) is 17.5. The molecule has 0 fully saturated rings. The molecular weight excluding hydrogens is 352 g/mol. The van der Waals surface area contributed by atoms with Crippen LogP contribution in [-0.4, -0.2) is 21.2 Å². The van der Waals surface area contributed by atoms with Gasteiger partial charge in [-0.2, -0.15) is 0 Å². The lowest BCUT2D eigenvalue weighted by molar-refractivity contribution is 0.101. The number of nitrogens with one attached hydrogen (secondary N) is 2. The lowest BCUT2D eigenvalue weighted by Gasteiger charge is -2.06. The molecule has 2 N–H and O–H groups in total. The minimum atomic E-state index is -0.387. The molecule has 0 saturated carbocycles. The van der Waals surface area contributed by atoms with Crippen LogP contribution >= 0.6 is 0 Å². The zero-order valence-electron chi connectivity index (χ0n) is 15.2. The predicted octanol–water partition coefficient (Wildman–Crippen LogP) is 4.15. The van der Waals surface area contributed by atoms with E-state index in [9.17, 15) is 9.59 Å². The van der Waals surface area contributed by atoms with E-state index in [1.54, 1.807) is 40.9 Å². The van der Waals surface area contributed by atoms with Crippen LogP contribution in [0, 0.1) is 6.92 Å². The van der Waals surface area contributed by atoms with Crippen molar-refractivity contribution < 1.29 is 9.59 Å². The number of aryl methyl sites for hydroxylation is 1. The summed E-state index contributed by atoms with van der Waals surface area (Å²) in [6.07, 6.45) is 1.72. The van der Waals surface area contributed by atoms with Crippen LogP contribution in [0.15, 0.2) is 79.0 Å². The van der Waals surface area contributed by atoms with Crippen molar-refractivity contribution in [1.82, 2.24) is 9.38 Å². The summed E-state index contributed by atoms with van der Waals surface area (Å²) < 4.78 is 1.62. The van der Waals surface area contributed by atoms with Crippen LogP contribution in [0.2, 0.25) is 0 Å². The van der Waals surface area contributed by atoms with Crippen LogP contribution < -0.4 is 10.6 Å². The molecule has 0 spiro atoms. The van der Waals surface area contributed by atoms with Crippen LogP contribution in [0.25, 0.3) is 5.52 Å². The highest BCUT2D eigenvalue weighted by Gasteiger charge is 2.22. The van der Waals surface area contributed by atoms with Gasteiger partial charge in [-0.25, -0.2) is 4.98 Å². The van der Waals surface area contributed by atoms with E-state index in [-0.39, 0.29) is 23.3 Å². The maximum atomic E-state index is 12.9. The summed E-state index contributed by atoms with van der Waals surface area (Å²) in [4.78, 5) is 30.0. The number of carbonyl (C=O) groups excluding carboxylic acids is 2. The number of benzene rings is 2. The van der Waals surface area contributed by atoms with E-state index in [2.05, 4.69) is 15.6 Å². The number of fused-ring (bicyclic) bond motifs is 1. The third-order valence-electron chi connectivity index (χ3n) is 4.39. The first-order valence-electron chi connectivity index (χ1n) is 8.84. The Bertz CT molecular complexity index is 1170. The summed E-state index contributed by atoms with van der Waals surface area (Å²) in [5.74, 6) is -0.603. The van der Waals surface area contributed by atoms with Gasteiger partial charge < -0.3 is 10.6 Å². The Labute approximate surface area is 161 Å². The molecule has 0 bridgehead atoms. The van der Waals surface area contributed by atoms with Crippen LogP contribution in [0.1, 0.15) is 26.7 Å². The third kappa shape index (κ3) is 3.35. The van der Waals surface area contributed by atoms with E-state index in [1.165, 1.54) is 0 Å². The summed E-state index contributed by atoms with van der Waals surface area (Å²) in [6.45, 7) is 1.92. The van der Waals surface area contributed by atoms with E-state index in [1.807, 2.05) is 49.4 Å². The lowest BCUT2D eigenvalue weighted by atomic mass is 10.2. The van der Waals surface area contributed by atoms with Gasteiger partial charge in [0.2, 0.25) is 5.82 Å². The summed E-state index contributed by atoms with van der Waals surface area (Å²) in [6, 6.07) is 22.0. The van der Waals surface area contributed by atoms with Gasteiger partial charge in [-0.3, -0.25) is 14.0 Å². The zero-order valence-corrected chi connectivity index (χ0v) is 15.2. The van der Waals surface area contributed by atoms with Crippen molar-refractivity contribution in [2.24, 2.45) is 0 Å². The van der Waals surface area contributed by atoms with Gasteiger partial charge in [0.25, 0.3) is 11.8 Å². The number of hydrogen-bond donors (Lipinski definition) is 2. The van der Waals surface area contributed by atoms with Gasteiger partial charge in [-0.1, -0.05) is 42.5 Å². The Morgan fingerprint density at radius 1 is 0.821 bits per heavy atom. The van der Waals surface area contributed by atoms with Gasteiger partial charge in [-0.05, 0) is 42.8 Å². The number of hydrogen-bond acceptors (Lipinski definition) is 3. The maximum absolute atomic E-state index is 12.9. The second kappa shape index (κ2) is 7.36. The number of imidazole rings is 1. The largest absolute Gasteiger partial charge is 0.320 e.